The minimum absolute atomic E-state index is 0.107. The van der Waals surface area contributed by atoms with Gasteiger partial charge in [0.25, 0.3) is 5.56 Å². The van der Waals surface area contributed by atoms with Gasteiger partial charge in [-0.2, -0.15) is 13.2 Å². The molecule has 170 valence electrons. The summed E-state index contributed by atoms with van der Waals surface area (Å²) in [6.07, 6.45) is -3.66. The average molecular weight is 509 g/mol. The van der Waals surface area contributed by atoms with Crippen LogP contribution in [0.5, 0.6) is 0 Å². The van der Waals surface area contributed by atoms with Crippen molar-refractivity contribution in [1.82, 2.24) is 9.13 Å². The lowest BCUT2D eigenvalue weighted by Crippen LogP contribution is -2.40. The van der Waals surface area contributed by atoms with E-state index in [2.05, 4.69) is 4.74 Å². The Bertz CT molecular complexity index is 1310. The number of carbonyl (C=O) groups is 1. The second-order valence-electron chi connectivity index (χ2n) is 6.36. The number of rotatable bonds is 5. The summed E-state index contributed by atoms with van der Waals surface area (Å²) in [7, 11) is 2.13. The number of ether oxygens (including phenoxy) is 1. The van der Waals surface area contributed by atoms with Gasteiger partial charge in [-0.05, 0) is 18.2 Å². The second kappa shape index (κ2) is 9.08. The average Bonchev–Trinajstić information content (AvgIpc) is 3.19. The maximum atomic E-state index is 13.1. The number of alkyl halides is 3. The molecule has 13 heteroatoms. The fraction of sp³-hybridized carbons (Fsp3) is 0.211. The highest BCUT2D eigenvalue weighted by Crippen LogP contribution is 2.35. The smallest absolute Gasteiger partial charge is 0.431 e. The molecule has 32 heavy (non-hydrogen) atoms. The number of thioether (sulfide) groups is 1. The van der Waals surface area contributed by atoms with Gasteiger partial charge in [0.15, 0.2) is 0 Å². The van der Waals surface area contributed by atoms with E-state index in [4.69, 9.17) is 27.6 Å². The number of methoxy groups -OCH3 is 1. The molecular formula is C19H13Cl2F3N2O5S. The van der Waals surface area contributed by atoms with E-state index >= 15 is 0 Å². The summed E-state index contributed by atoms with van der Waals surface area (Å²) in [5.41, 5.74) is -3.73. The summed E-state index contributed by atoms with van der Waals surface area (Å²) in [5.74, 6) is 0.0393. The van der Waals surface area contributed by atoms with Gasteiger partial charge in [-0.1, -0.05) is 23.2 Å². The largest absolute Gasteiger partial charge is 0.468 e. The van der Waals surface area contributed by atoms with Crippen molar-refractivity contribution in [1.29, 1.82) is 0 Å². The number of halogens is 5. The monoisotopic (exact) mass is 508 g/mol. The molecular weight excluding hydrogens is 496 g/mol. The van der Waals surface area contributed by atoms with E-state index in [9.17, 15) is 27.6 Å². The molecule has 7 nitrogen and oxygen atoms in total. The Balaban J connectivity index is 2.00. The van der Waals surface area contributed by atoms with Crippen molar-refractivity contribution in [3.63, 3.8) is 0 Å². The molecule has 2 heterocycles. The highest BCUT2D eigenvalue weighted by atomic mass is 35.5. The van der Waals surface area contributed by atoms with Crippen LogP contribution >= 0.6 is 35.0 Å². The summed E-state index contributed by atoms with van der Waals surface area (Å²) in [5, 5.41) is 0.0737. The van der Waals surface area contributed by atoms with Crippen LogP contribution in [0.3, 0.4) is 0 Å². The van der Waals surface area contributed by atoms with Crippen LogP contribution in [-0.2, 0) is 23.7 Å². The molecule has 0 aliphatic carbocycles. The Kier molecular flexibility index (Phi) is 6.82. The van der Waals surface area contributed by atoms with Gasteiger partial charge >= 0.3 is 17.8 Å². The first kappa shape index (κ1) is 24.0. The SMILES string of the molecule is COC(=O)c1coc(CSc2cc(-n3c(=O)cc(C(F)(F)F)n(C)c3=O)c(Cl)cc2Cl)c1. The molecule has 0 saturated carbocycles. The number of benzene rings is 1. The third kappa shape index (κ3) is 4.74. The number of nitrogens with zero attached hydrogens (tertiary/aromatic N) is 2. The minimum atomic E-state index is -4.89. The number of aromatic nitrogens is 2. The predicted molar refractivity (Wildman–Crippen MR) is 112 cm³/mol. The first-order valence-corrected chi connectivity index (χ1v) is 10.4. The Morgan fingerprint density at radius 3 is 2.47 bits per heavy atom. The van der Waals surface area contributed by atoms with E-state index < -0.39 is 29.1 Å². The maximum Gasteiger partial charge on any atom is 0.431 e. The zero-order valence-electron chi connectivity index (χ0n) is 16.3. The fourth-order valence-corrected chi connectivity index (χ4v) is 4.22. The Morgan fingerprint density at radius 2 is 1.84 bits per heavy atom. The Morgan fingerprint density at radius 1 is 1.16 bits per heavy atom. The molecule has 0 radical (unpaired) electrons. The molecule has 0 bridgehead atoms. The molecule has 0 aliphatic heterocycles. The number of furan rings is 1. The quantitative estimate of drug-likeness (QED) is 0.371. The molecule has 0 aliphatic rings. The lowest BCUT2D eigenvalue weighted by molar-refractivity contribution is -0.144. The van der Waals surface area contributed by atoms with Crippen LogP contribution in [-0.4, -0.2) is 22.2 Å². The van der Waals surface area contributed by atoms with E-state index in [1.807, 2.05) is 0 Å². The van der Waals surface area contributed by atoms with Crippen LogP contribution in [0, 0.1) is 0 Å². The van der Waals surface area contributed by atoms with E-state index in [0.717, 1.165) is 18.8 Å². The fourth-order valence-electron chi connectivity index (χ4n) is 2.75. The molecule has 3 rings (SSSR count). The third-order valence-corrected chi connectivity index (χ3v) is 6.10. The van der Waals surface area contributed by atoms with Gasteiger partial charge < -0.3 is 9.15 Å². The van der Waals surface area contributed by atoms with Gasteiger partial charge in [0.05, 0.1) is 34.2 Å². The highest BCUT2D eigenvalue weighted by molar-refractivity contribution is 7.98. The number of hydrogen-bond donors (Lipinski definition) is 0. The molecule has 2 aromatic heterocycles. The van der Waals surface area contributed by atoms with Gasteiger partial charge in [-0.25, -0.2) is 14.2 Å². The number of esters is 1. The van der Waals surface area contributed by atoms with Gasteiger partial charge in [0, 0.05) is 18.0 Å². The lowest BCUT2D eigenvalue weighted by atomic mass is 10.3. The van der Waals surface area contributed by atoms with Crippen LogP contribution in [0.1, 0.15) is 21.8 Å². The highest BCUT2D eigenvalue weighted by Gasteiger charge is 2.35. The van der Waals surface area contributed by atoms with Crippen molar-refractivity contribution >= 4 is 40.9 Å². The Hall–Kier alpha value is -2.63. The van der Waals surface area contributed by atoms with Crippen LogP contribution in [0.2, 0.25) is 10.0 Å². The van der Waals surface area contributed by atoms with E-state index in [0.29, 0.717) is 25.9 Å². The Labute approximate surface area is 192 Å². The summed E-state index contributed by atoms with van der Waals surface area (Å²) in [6.45, 7) is 0. The summed E-state index contributed by atoms with van der Waals surface area (Å²) >= 11 is 13.5. The first-order chi connectivity index (χ1) is 14.9. The summed E-state index contributed by atoms with van der Waals surface area (Å²) in [4.78, 5) is 36.8. The molecule has 0 fully saturated rings. The first-order valence-electron chi connectivity index (χ1n) is 8.62. The maximum absolute atomic E-state index is 13.1. The molecule has 0 atom stereocenters. The van der Waals surface area contributed by atoms with Gasteiger partial charge in [0.2, 0.25) is 0 Å². The van der Waals surface area contributed by atoms with Crippen LogP contribution in [0.15, 0.2) is 49.4 Å². The van der Waals surface area contributed by atoms with E-state index in [-0.39, 0.29) is 27.0 Å². The molecule has 1 aromatic carbocycles. The van der Waals surface area contributed by atoms with Crippen molar-refractivity contribution in [2.75, 3.05) is 7.11 Å². The number of hydrogen-bond acceptors (Lipinski definition) is 6. The van der Waals surface area contributed by atoms with Crippen molar-refractivity contribution in [2.24, 2.45) is 7.05 Å². The minimum Gasteiger partial charge on any atom is -0.468 e. The zero-order chi connectivity index (χ0) is 23.8. The molecule has 0 spiro atoms. The standard InChI is InChI=1S/C19H13Cl2F3N2O5S/c1-25-15(19(22,23)24)6-16(27)26(18(25)29)13-5-14(12(21)4-11(13)20)32-8-10-3-9(7-31-10)17(28)30-2/h3-7H,8H2,1-2H3. The molecule has 0 amide bonds. The normalized spacial score (nSPS) is 11.6. The van der Waals surface area contributed by atoms with Gasteiger partial charge in [-0.15, -0.1) is 11.8 Å². The predicted octanol–water partition coefficient (Wildman–Crippen LogP) is 4.53. The molecule has 0 N–H and O–H groups in total. The van der Waals surface area contributed by atoms with E-state index in [1.54, 1.807) is 0 Å². The molecule has 0 unspecified atom stereocenters. The van der Waals surface area contributed by atoms with Crippen LogP contribution in [0.4, 0.5) is 13.2 Å². The zero-order valence-corrected chi connectivity index (χ0v) is 18.7. The van der Waals surface area contributed by atoms with Crippen molar-refractivity contribution in [2.45, 2.75) is 16.8 Å². The second-order valence-corrected chi connectivity index (χ2v) is 8.19. The molecule has 0 saturated heterocycles. The lowest BCUT2D eigenvalue weighted by Gasteiger charge is -2.15. The van der Waals surface area contributed by atoms with E-state index in [1.165, 1.54) is 31.6 Å². The van der Waals surface area contributed by atoms with Crippen molar-refractivity contribution in [3.8, 4) is 5.69 Å². The van der Waals surface area contributed by atoms with Crippen molar-refractivity contribution in [3.05, 3.63) is 78.4 Å². The van der Waals surface area contributed by atoms with Crippen molar-refractivity contribution < 1.29 is 27.1 Å². The van der Waals surface area contributed by atoms with Crippen LogP contribution in [0.25, 0.3) is 5.69 Å². The topological polar surface area (TPSA) is 83.4 Å². The summed E-state index contributed by atoms with van der Waals surface area (Å²) in [6, 6.07) is 4.37. The number of carbonyl (C=O) groups excluding carboxylic acids is 1. The molecule has 3 aromatic rings. The van der Waals surface area contributed by atoms with Gasteiger partial charge in [-0.3, -0.25) is 9.36 Å². The third-order valence-electron chi connectivity index (χ3n) is 4.30. The van der Waals surface area contributed by atoms with Crippen LogP contribution < -0.4 is 11.2 Å². The van der Waals surface area contributed by atoms with Gasteiger partial charge in [0.1, 0.15) is 17.7 Å². The summed E-state index contributed by atoms with van der Waals surface area (Å²) < 4.78 is 50.0.